The molecule has 0 aliphatic carbocycles. The zero-order valence-corrected chi connectivity index (χ0v) is 16.5. The molecule has 27 heavy (non-hydrogen) atoms. The normalized spacial score (nSPS) is 14.6. The third-order valence-corrected chi connectivity index (χ3v) is 5.16. The first-order valence-electron chi connectivity index (χ1n) is 8.82. The second kappa shape index (κ2) is 8.92. The van der Waals surface area contributed by atoms with Gasteiger partial charge in [-0.25, -0.2) is 19.9 Å². The number of nitrogens with one attached hydrogen (secondary N) is 2. The summed E-state index contributed by atoms with van der Waals surface area (Å²) in [6, 6.07) is 1.66. The molecule has 142 valence electrons. The Hall–Kier alpha value is -2.52. The first kappa shape index (κ1) is 19.2. The highest BCUT2D eigenvalue weighted by atomic mass is 32.2. The van der Waals surface area contributed by atoms with Crippen molar-refractivity contribution in [2.45, 2.75) is 30.8 Å². The second-order valence-corrected chi connectivity index (χ2v) is 7.05. The van der Waals surface area contributed by atoms with E-state index in [1.54, 1.807) is 25.3 Å². The summed E-state index contributed by atoms with van der Waals surface area (Å²) < 4.78 is 0. The monoisotopic (exact) mass is 385 g/mol. The highest BCUT2D eigenvalue weighted by Gasteiger charge is 2.17. The van der Waals surface area contributed by atoms with Crippen molar-refractivity contribution < 1.29 is 4.79 Å². The highest BCUT2D eigenvalue weighted by molar-refractivity contribution is 7.99. The molecule has 0 spiro atoms. The Morgan fingerprint density at radius 2 is 1.93 bits per heavy atom. The Kier molecular flexibility index (Phi) is 6.36. The molecule has 8 nitrogen and oxygen atoms in total. The molecule has 0 radical (unpaired) electrons. The zero-order valence-electron chi connectivity index (χ0n) is 15.7. The van der Waals surface area contributed by atoms with Gasteiger partial charge in [0.05, 0.1) is 16.3 Å². The summed E-state index contributed by atoms with van der Waals surface area (Å²) in [5, 5.41) is 6.59. The minimum absolute atomic E-state index is 0.219. The lowest BCUT2D eigenvalue weighted by Crippen LogP contribution is -2.44. The van der Waals surface area contributed by atoms with Gasteiger partial charge >= 0.3 is 0 Å². The number of nitrogens with zero attached hydrogens (tertiary/aromatic N) is 5. The van der Waals surface area contributed by atoms with Crippen molar-refractivity contribution in [3.8, 4) is 0 Å². The molecule has 1 saturated heterocycles. The van der Waals surface area contributed by atoms with Gasteiger partial charge in [0.15, 0.2) is 5.16 Å². The second-order valence-electron chi connectivity index (χ2n) is 6.08. The SMILES string of the molecule is CC=CC(=O)Nc1ccnc(Sc2c(C)nc(N3CCNCC3)nc2C)n1. The van der Waals surface area contributed by atoms with Gasteiger partial charge < -0.3 is 15.5 Å². The third kappa shape index (κ3) is 5.01. The summed E-state index contributed by atoms with van der Waals surface area (Å²) >= 11 is 1.40. The maximum atomic E-state index is 11.7. The fourth-order valence-corrected chi connectivity index (χ4v) is 3.54. The molecular weight excluding hydrogens is 362 g/mol. The van der Waals surface area contributed by atoms with E-state index in [-0.39, 0.29) is 5.91 Å². The lowest BCUT2D eigenvalue weighted by atomic mass is 10.3. The fourth-order valence-electron chi connectivity index (χ4n) is 2.71. The molecule has 3 heterocycles. The Balaban J connectivity index is 1.78. The van der Waals surface area contributed by atoms with Gasteiger partial charge in [-0.3, -0.25) is 4.79 Å². The summed E-state index contributed by atoms with van der Waals surface area (Å²) in [5.41, 5.74) is 1.79. The predicted octanol–water partition coefficient (Wildman–Crippen LogP) is 1.96. The van der Waals surface area contributed by atoms with E-state index in [9.17, 15) is 4.79 Å². The van der Waals surface area contributed by atoms with Crippen molar-refractivity contribution in [2.75, 3.05) is 36.4 Å². The van der Waals surface area contributed by atoms with Gasteiger partial charge in [0.1, 0.15) is 5.82 Å². The highest BCUT2D eigenvalue weighted by Crippen LogP contribution is 2.30. The van der Waals surface area contributed by atoms with Crippen LogP contribution in [0.3, 0.4) is 0 Å². The minimum Gasteiger partial charge on any atom is -0.338 e. The number of anilines is 2. The lowest BCUT2D eigenvalue weighted by molar-refractivity contribution is -0.111. The molecule has 2 aromatic rings. The maximum absolute atomic E-state index is 11.7. The van der Waals surface area contributed by atoms with Crippen molar-refractivity contribution >= 4 is 29.4 Å². The number of carbonyl (C=O) groups is 1. The van der Waals surface area contributed by atoms with Crippen LogP contribution in [-0.2, 0) is 4.79 Å². The first-order chi connectivity index (χ1) is 13.1. The number of hydrogen-bond donors (Lipinski definition) is 2. The smallest absolute Gasteiger partial charge is 0.249 e. The van der Waals surface area contributed by atoms with Crippen LogP contribution in [0, 0.1) is 13.8 Å². The van der Waals surface area contributed by atoms with Gasteiger partial charge in [-0.15, -0.1) is 0 Å². The van der Waals surface area contributed by atoms with Crippen molar-refractivity contribution in [1.29, 1.82) is 0 Å². The van der Waals surface area contributed by atoms with Crippen LogP contribution in [0.2, 0.25) is 0 Å². The number of rotatable bonds is 5. The number of carbonyl (C=O) groups excluding carboxylic acids is 1. The van der Waals surface area contributed by atoms with Gasteiger partial charge in [-0.1, -0.05) is 6.08 Å². The van der Waals surface area contributed by atoms with E-state index >= 15 is 0 Å². The summed E-state index contributed by atoms with van der Waals surface area (Å²) in [7, 11) is 0. The largest absolute Gasteiger partial charge is 0.338 e. The lowest BCUT2D eigenvalue weighted by Gasteiger charge is -2.28. The average Bonchev–Trinajstić information content (AvgIpc) is 2.66. The number of aryl methyl sites for hydroxylation is 2. The Bertz CT molecular complexity index is 826. The Morgan fingerprint density at radius 1 is 1.22 bits per heavy atom. The van der Waals surface area contributed by atoms with Crippen LogP contribution < -0.4 is 15.5 Å². The molecule has 1 amide bonds. The van der Waals surface area contributed by atoms with E-state index in [2.05, 4.69) is 35.5 Å². The van der Waals surface area contributed by atoms with E-state index in [1.165, 1.54) is 17.8 Å². The quantitative estimate of drug-likeness (QED) is 0.596. The number of allylic oxidation sites excluding steroid dienone is 1. The van der Waals surface area contributed by atoms with E-state index in [0.717, 1.165) is 48.4 Å². The minimum atomic E-state index is -0.219. The molecule has 1 aliphatic heterocycles. The van der Waals surface area contributed by atoms with Crippen LogP contribution in [0.5, 0.6) is 0 Å². The fraction of sp³-hybridized carbons (Fsp3) is 0.389. The molecule has 2 aromatic heterocycles. The molecular formula is C18H23N7OS. The third-order valence-electron chi connectivity index (χ3n) is 3.99. The number of amides is 1. The Labute approximate surface area is 162 Å². The van der Waals surface area contributed by atoms with E-state index in [1.807, 2.05) is 13.8 Å². The molecule has 3 rings (SSSR count). The summed E-state index contributed by atoms with van der Waals surface area (Å²) in [6.07, 6.45) is 4.75. The Morgan fingerprint density at radius 3 is 2.59 bits per heavy atom. The average molecular weight is 385 g/mol. The molecule has 0 aromatic carbocycles. The standard InChI is InChI=1S/C18H23N7OS/c1-4-5-15(26)23-14-6-7-20-18(24-14)27-16-12(2)21-17(22-13(16)3)25-10-8-19-9-11-25/h4-7,19H,8-11H2,1-3H3,(H,20,23,24,26). The molecule has 9 heteroatoms. The van der Waals surface area contributed by atoms with Gasteiger partial charge in [-0.05, 0) is 44.7 Å². The zero-order chi connectivity index (χ0) is 19.2. The molecule has 1 fully saturated rings. The number of piperazine rings is 1. The van der Waals surface area contributed by atoms with Crippen molar-refractivity contribution in [2.24, 2.45) is 0 Å². The van der Waals surface area contributed by atoms with Crippen LogP contribution in [-0.4, -0.2) is 52.0 Å². The van der Waals surface area contributed by atoms with Crippen LogP contribution >= 0.6 is 11.8 Å². The molecule has 0 atom stereocenters. The van der Waals surface area contributed by atoms with Crippen molar-refractivity contribution in [3.63, 3.8) is 0 Å². The molecule has 2 N–H and O–H groups in total. The summed E-state index contributed by atoms with van der Waals surface area (Å²) in [4.78, 5) is 32.9. The van der Waals surface area contributed by atoms with E-state index in [4.69, 9.17) is 0 Å². The predicted molar refractivity (Wildman–Crippen MR) is 106 cm³/mol. The summed E-state index contributed by atoms with van der Waals surface area (Å²) in [5.74, 6) is 1.01. The molecule has 0 unspecified atom stereocenters. The maximum Gasteiger partial charge on any atom is 0.249 e. The topological polar surface area (TPSA) is 95.9 Å². The van der Waals surface area contributed by atoms with Crippen LogP contribution in [0.4, 0.5) is 11.8 Å². The molecule has 0 saturated carbocycles. The van der Waals surface area contributed by atoms with Crippen molar-refractivity contribution in [3.05, 3.63) is 35.8 Å². The molecule has 1 aliphatic rings. The van der Waals surface area contributed by atoms with Gasteiger partial charge in [0, 0.05) is 32.4 Å². The van der Waals surface area contributed by atoms with E-state index < -0.39 is 0 Å². The van der Waals surface area contributed by atoms with Crippen molar-refractivity contribution in [1.82, 2.24) is 25.3 Å². The van der Waals surface area contributed by atoms with Crippen LogP contribution in [0.1, 0.15) is 18.3 Å². The number of aromatic nitrogens is 4. The van der Waals surface area contributed by atoms with Gasteiger partial charge in [0.25, 0.3) is 0 Å². The van der Waals surface area contributed by atoms with E-state index in [0.29, 0.717) is 11.0 Å². The summed E-state index contributed by atoms with van der Waals surface area (Å²) in [6.45, 7) is 9.43. The number of hydrogen-bond acceptors (Lipinski definition) is 8. The van der Waals surface area contributed by atoms with Crippen LogP contribution in [0.15, 0.2) is 34.5 Å². The van der Waals surface area contributed by atoms with Gasteiger partial charge in [-0.2, -0.15) is 0 Å². The van der Waals surface area contributed by atoms with Gasteiger partial charge in [0.2, 0.25) is 11.9 Å². The van der Waals surface area contributed by atoms with Crippen LogP contribution in [0.25, 0.3) is 0 Å². The molecule has 0 bridgehead atoms. The first-order valence-corrected chi connectivity index (χ1v) is 9.64.